The van der Waals surface area contributed by atoms with Crippen LogP contribution in [0.25, 0.3) is 0 Å². The van der Waals surface area contributed by atoms with Crippen molar-refractivity contribution in [2.24, 2.45) is 0 Å². The van der Waals surface area contributed by atoms with Gasteiger partial charge in [-0.05, 0) is 57.5 Å². The van der Waals surface area contributed by atoms with E-state index in [1.54, 1.807) is 0 Å². The van der Waals surface area contributed by atoms with Crippen molar-refractivity contribution in [3.8, 4) is 0 Å². The zero-order valence-corrected chi connectivity index (χ0v) is 14.0. The predicted octanol–water partition coefficient (Wildman–Crippen LogP) is 3.12. The summed E-state index contributed by atoms with van der Waals surface area (Å²) in [5.41, 5.74) is 0.934. The van der Waals surface area contributed by atoms with Crippen LogP contribution in [0.4, 0.5) is 4.79 Å². The number of amides is 1. The summed E-state index contributed by atoms with van der Waals surface area (Å²) in [6, 6.07) is 2.68. The van der Waals surface area contributed by atoms with Crippen LogP contribution in [0.5, 0.6) is 0 Å². The molecule has 0 aromatic carbocycles. The van der Waals surface area contributed by atoms with Crippen molar-refractivity contribution in [3.05, 3.63) is 21.9 Å². The number of ether oxygens (including phenoxy) is 1. The Morgan fingerprint density at radius 2 is 2.29 bits per heavy atom. The summed E-state index contributed by atoms with van der Waals surface area (Å²) < 4.78 is 5.51. The van der Waals surface area contributed by atoms with Gasteiger partial charge in [0.15, 0.2) is 0 Å². The van der Waals surface area contributed by atoms with Gasteiger partial charge in [-0.1, -0.05) is 0 Å². The average Bonchev–Trinajstić information content (AvgIpc) is 2.94. The lowest BCUT2D eigenvalue weighted by Gasteiger charge is -2.38. The van der Waals surface area contributed by atoms with Crippen molar-refractivity contribution < 1.29 is 9.53 Å². The molecule has 2 atom stereocenters. The van der Waals surface area contributed by atoms with Gasteiger partial charge >= 0.3 is 6.09 Å². The van der Waals surface area contributed by atoms with Gasteiger partial charge in [-0.3, -0.25) is 0 Å². The number of nitrogens with zero attached hydrogens (tertiary/aromatic N) is 1. The van der Waals surface area contributed by atoms with Crippen LogP contribution in [0.3, 0.4) is 0 Å². The number of fused-ring (bicyclic) bond motifs is 2. The molecule has 0 bridgehead atoms. The Morgan fingerprint density at radius 3 is 3.00 bits per heavy atom. The monoisotopic (exact) mass is 308 g/mol. The van der Waals surface area contributed by atoms with E-state index in [4.69, 9.17) is 4.74 Å². The number of nitrogens with one attached hydrogen (secondary N) is 1. The van der Waals surface area contributed by atoms with Gasteiger partial charge in [-0.2, -0.15) is 0 Å². The van der Waals surface area contributed by atoms with Gasteiger partial charge in [0.25, 0.3) is 0 Å². The van der Waals surface area contributed by atoms with Crippen LogP contribution in [0, 0.1) is 0 Å². The second kappa shape index (κ2) is 4.99. The number of thiophene rings is 1. The van der Waals surface area contributed by atoms with E-state index >= 15 is 0 Å². The van der Waals surface area contributed by atoms with Crippen molar-refractivity contribution in [1.82, 2.24) is 10.2 Å². The van der Waals surface area contributed by atoms with E-state index in [2.05, 4.69) is 23.7 Å². The maximum atomic E-state index is 12.3. The van der Waals surface area contributed by atoms with Crippen molar-refractivity contribution >= 4 is 17.4 Å². The lowest BCUT2D eigenvalue weighted by molar-refractivity contribution is 0.0277. The van der Waals surface area contributed by atoms with Gasteiger partial charge in [0, 0.05) is 24.0 Å². The maximum Gasteiger partial charge on any atom is 0.410 e. The van der Waals surface area contributed by atoms with Gasteiger partial charge in [-0.25, -0.2) is 4.79 Å². The van der Waals surface area contributed by atoms with Crippen LogP contribution < -0.4 is 5.32 Å². The van der Waals surface area contributed by atoms with E-state index in [1.807, 2.05) is 37.0 Å². The normalized spacial score (nSPS) is 28.8. The molecule has 1 amide bonds. The van der Waals surface area contributed by atoms with Crippen LogP contribution >= 0.6 is 11.3 Å². The lowest BCUT2D eigenvalue weighted by Crippen LogP contribution is -2.53. The first kappa shape index (κ1) is 14.9. The lowest BCUT2D eigenvalue weighted by atomic mass is 9.86. The highest BCUT2D eigenvalue weighted by atomic mass is 32.1. The Balaban J connectivity index is 1.79. The molecule has 1 aromatic heterocycles. The van der Waals surface area contributed by atoms with E-state index in [9.17, 15) is 4.79 Å². The smallest absolute Gasteiger partial charge is 0.410 e. The Morgan fingerprint density at radius 1 is 1.52 bits per heavy atom. The Bertz CT molecular complexity index is 549. The van der Waals surface area contributed by atoms with Crippen LogP contribution in [0.1, 0.15) is 44.6 Å². The fourth-order valence-electron chi connectivity index (χ4n) is 3.43. The van der Waals surface area contributed by atoms with Crippen LogP contribution in [0.15, 0.2) is 11.4 Å². The maximum absolute atomic E-state index is 12.3. The first-order valence-electron chi connectivity index (χ1n) is 7.62. The summed E-state index contributed by atoms with van der Waals surface area (Å²) in [5.74, 6) is 0. The number of rotatable bonds is 0. The third-order valence-corrected chi connectivity index (χ3v) is 5.31. The molecular formula is C16H24N2O2S. The van der Waals surface area contributed by atoms with Gasteiger partial charge in [0.1, 0.15) is 5.60 Å². The molecule has 21 heavy (non-hydrogen) atoms. The molecule has 1 aromatic rings. The van der Waals surface area contributed by atoms with Gasteiger partial charge in [-0.15, -0.1) is 11.3 Å². The molecule has 1 saturated heterocycles. The predicted molar refractivity (Wildman–Crippen MR) is 84.7 cm³/mol. The molecule has 2 aliphatic rings. The van der Waals surface area contributed by atoms with Crippen LogP contribution in [-0.4, -0.2) is 35.7 Å². The Hall–Kier alpha value is -1.07. The molecule has 2 aliphatic heterocycles. The van der Waals surface area contributed by atoms with Crippen molar-refractivity contribution in [1.29, 1.82) is 0 Å². The number of carbonyl (C=O) groups excluding carboxylic acids is 1. The minimum Gasteiger partial charge on any atom is -0.444 e. The largest absolute Gasteiger partial charge is 0.444 e. The minimum absolute atomic E-state index is 0.0714. The number of hydrogen-bond acceptors (Lipinski definition) is 4. The van der Waals surface area contributed by atoms with Crippen molar-refractivity contribution in [3.63, 3.8) is 0 Å². The molecule has 3 heterocycles. The summed E-state index contributed by atoms with van der Waals surface area (Å²) in [6.07, 6.45) is 1.84. The molecule has 3 rings (SSSR count). The highest BCUT2D eigenvalue weighted by Gasteiger charge is 2.46. The molecule has 116 valence electrons. The molecule has 4 nitrogen and oxygen atoms in total. The molecule has 0 aliphatic carbocycles. The second-order valence-electron chi connectivity index (χ2n) is 7.26. The van der Waals surface area contributed by atoms with Gasteiger partial charge in [0.2, 0.25) is 0 Å². The highest BCUT2D eigenvalue weighted by molar-refractivity contribution is 7.10. The molecule has 0 unspecified atom stereocenters. The Kier molecular flexibility index (Phi) is 3.53. The minimum atomic E-state index is -0.436. The molecular weight excluding hydrogens is 284 g/mol. The second-order valence-corrected chi connectivity index (χ2v) is 8.17. The molecule has 1 N–H and O–H groups in total. The third kappa shape index (κ3) is 2.81. The highest BCUT2D eigenvalue weighted by Crippen LogP contribution is 2.41. The summed E-state index contributed by atoms with van der Waals surface area (Å²) in [4.78, 5) is 15.6. The average molecular weight is 308 g/mol. The fourth-order valence-corrected chi connectivity index (χ4v) is 4.55. The van der Waals surface area contributed by atoms with E-state index in [1.165, 1.54) is 10.4 Å². The van der Waals surface area contributed by atoms with E-state index < -0.39 is 5.60 Å². The van der Waals surface area contributed by atoms with Crippen molar-refractivity contribution in [2.45, 2.75) is 57.7 Å². The first-order chi connectivity index (χ1) is 9.79. The molecule has 0 saturated carbocycles. The number of likely N-dealkylation sites (tertiary alicyclic amines) is 1. The summed E-state index contributed by atoms with van der Waals surface area (Å²) in [6.45, 7) is 9.42. The SMILES string of the molecule is C[C@H]1Cc2ccsc2[C@@]2(CCN(C(=O)OC(C)(C)C)C2)N1. The van der Waals surface area contributed by atoms with Gasteiger partial charge in [0.05, 0.1) is 5.54 Å². The molecule has 1 spiro atoms. The fraction of sp³-hybridized carbons (Fsp3) is 0.688. The van der Waals surface area contributed by atoms with E-state index in [0.29, 0.717) is 12.6 Å². The zero-order chi connectivity index (χ0) is 15.3. The first-order valence-corrected chi connectivity index (χ1v) is 8.49. The molecule has 1 fully saturated rings. The van der Waals surface area contributed by atoms with Crippen LogP contribution in [0.2, 0.25) is 0 Å². The van der Waals surface area contributed by atoms with E-state index in [0.717, 1.165) is 19.4 Å². The summed E-state index contributed by atoms with van der Waals surface area (Å²) >= 11 is 1.81. The topological polar surface area (TPSA) is 41.6 Å². The number of carbonyl (C=O) groups is 1. The van der Waals surface area contributed by atoms with Crippen LogP contribution in [-0.2, 0) is 16.7 Å². The summed E-state index contributed by atoms with van der Waals surface area (Å²) in [7, 11) is 0. The third-order valence-electron chi connectivity index (χ3n) is 4.15. The zero-order valence-electron chi connectivity index (χ0n) is 13.2. The van der Waals surface area contributed by atoms with Crippen molar-refractivity contribution in [2.75, 3.05) is 13.1 Å². The quantitative estimate of drug-likeness (QED) is 0.800. The summed E-state index contributed by atoms with van der Waals surface area (Å²) in [5, 5.41) is 5.91. The van der Waals surface area contributed by atoms with Gasteiger partial charge < -0.3 is 15.0 Å². The standard InChI is InChI=1S/C16H24N2O2S/c1-11-9-12-5-8-21-13(12)16(17-11)6-7-18(10-16)14(19)20-15(2,3)4/h5,8,11,17H,6-7,9-10H2,1-4H3/t11-,16-/m0/s1. The number of hydrogen-bond donors (Lipinski definition) is 1. The Labute approximate surface area is 130 Å². The molecule has 5 heteroatoms. The molecule has 0 radical (unpaired) electrons. The van der Waals surface area contributed by atoms with E-state index in [-0.39, 0.29) is 11.6 Å².